The molecule has 0 spiro atoms. The van der Waals surface area contributed by atoms with Crippen LogP contribution < -0.4 is 0 Å². The van der Waals surface area contributed by atoms with E-state index in [1.165, 1.54) is 12.1 Å². The van der Waals surface area contributed by atoms with E-state index in [1.54, 1.807) is 16.7 Å². The molecule has 0 N–H and O–H groups in total. The number of hydrogen-bond donors (Lipinski definition) is 0. The molecular formula is C13H14F3NOS. The lowest BCUT2D eigenvalue weighted by molar-refractivity contribution is -0.137. The van der Waals surface area contributed by atoms with Crippen molar-refractivity contribution in [1.29, 1.82) is 0 Å². The van der Waals surface area contributed by atoms with Crippen LogP contribution in [0.15, 0.2) is 24.3 Å². The van der Waals surface area contributed by atoms with Crippen molar-refractivity contribution in [3.05, 3.63) is 35.4 Å². The summed E-state index contributed by atoms with van der Waals surface area (Å²) in [6.07, 6.45) is -1.54. The lowest BCUT2D eigenvalue weighted by Crippen LogP contribution is -2.29. The van der Waals surface area contributed by atoms with Gasteiger partial charge in [0.25, 0.3) is 5.91 Å². The first-order valence-corrected chi connectivity index (χ1v) is 7.20. The molecule has 2 rings (SSSR count). The maximum atomic E-state index is 12.6. The van der Waals surface area contributed by atoms with E-state index in [4.69, 9.17) is 0 Å². The monoisotopic (exact) mass is 289 g/mol. The predicted octanol–water partition coefficient (Wildman–Crippen LogP) is 3.28. The van der Waals surface area contributed by atoms with E-state index in [9.17, 15) is 18.0 Å². The Morgan fingerprint density at radius 2 is 2.16 bits per heavy atom. The van der Waals surface area contributed by atoms with Crippen LogP contribution in [0.2, 0.25) is 0 Å². The Hall–Kier alpha value is -1.17. The summed E-state index contributed by atoms with van der Waals surface area (Å²) in [7, 11) is 0. The second kappa shape index (κ2) is 5.45. The number of amides is 1. The van der Waals surface area contributed by atoms with Gasteiger partial charge in [-0.15, -0.1) is 0 Å². The molecule has 1 aliphatic rings. The van der Waals surface area contributed by atoms with Crippen LogP contribution in [0.3, 0.4) is 0 Å². The van der Waals surface area contributed by atoms with Gasteiger partial charge < -0.3 is 4.90 Å². The summed E-state index contributed by atoms with van der Waals surface area (Å²) < 4.78 is 37.8. The Balaban J connectivity index is 2.16. The molecule has 0 aliphatic carbocycles. The van der Waals surface area contributed by atoms with Crippen molar-refractivity contribution >= 4 is 17.7 Å². The first-order chi connectivity index (χ1) is 8.91. The van der Waals surface area contributed by atoms with E-state index in [0.29, 0.717) is 18.3 Å². The zero-order chi connectivity index (χ0) is 14.0. The van der Waals surface area contributed by atoms with Gasteiger partial charge >= 0.3 is 6.18 Å². The Bertz CT molecular complexity index is 475. The average Bonchev–Trinajstić information content (AvgIpc) is 2.86. The number of halogens is 3. The summed E-state index contributed by atoms with van der Waals surface area (Å²) in [6.45, 7) is 1.22. The summed E-state index contributed by atoms with van der Waals surface area (Å²) >= 11 is 1.68. The van der Waals surface area contributed by atoms with Crippen LogP contribution in [0.25, 0.3) is 0 Å². The number of hydrogen-bond acceptors (Lipinski definition) is 2. The normalized spacial score (nSPS) is 19.8. The number of carbonyl (C=O) groups excluding carboxylic acids is 1. The van der Waals surface area contributed by atoms with Crippen LogP contribution in [0.4, 0.5) is 13.2 Å². The maximum absolute atomic E-state index is 12.6. The molecule has 0 saturated carbocycles. The number of carbonyl (C=O) groups is 1. The van der Waals surface area contributed by atoms with Gasteiger partial charge in [0.05, 0.1) is 5.56 Å². The minimum atomic E-state index is -4.41. The van der Waals surface area contributed by atoms with Crippen molar-refractivity contribution in [2.75, 3.05) is 19.3 Å². The minimum absolute atomic E-state index is 0.108. The molecule has 1 unspecified atom stereocenters. The molecule has 1 amide bonds. The smallest absolute Gasteiger partial charge is 0.337 e. The van der Waals surface area contributed by atoms with E-state index in [0.717, 1.165) is 18.6 Å². The van der Waals surface area contributed by atoms with Gasteiger partial charge in [-0.25, -0.2) is 0 Å². The van der Waals surface area contributed by atoms with E-state index in [-0.39, 0.29) is 11.5 Å². The molecular weight excluding hydrogens is 275 g/mol. The molecule has 1 aromatic rings. The second-order valence-electron chi connectivity index (χ2n) is 4.48. The first-order valence-electron chi connectivity index (χ1n) is 5.91. The Morgan fingerprint density at radius 1 is 1.42 bits per heavy atom. The molecule has 1 atom stereocenters. The number of likely N-dealkylation sites (tertiary alicyclic amines) is 1. The molecule has 1 aromatic carbocycles. The molecule has 2 nitrogen and oxygen atoms in total. The fourth-order valence-electron chi connectivity index (χ4n) is 2.12. The molecule has 1 aliphatic heterocycles. The van der Waals surface area contributed by atoms with Gasteiger partial charge in [0.15, 0.2) is 0 Å². The van der Waals surface area contributed by atoms with Crippen molar-refractivity contribution in [1.82, 2.24) is 4.90 Å². The lowest BCUT2D eigenvalue weighted by atomic mass is 10.1. The third-order valence-electron chi connectivity index (χ3n) is 3.20. The van der Waals surface area contributed by atoms with E-state index >= 15 is 0 Å². The van der Waals surface area contributed by atoms with Crippen molar-refractivity contribution in [2.24, 2.45) is 0 Å². The van der Waals surface area contributed by atoms with Gasteiger partial charge in [0.2, 0.25) is 0 Å². The largest absolute Gasteiger partial charge is 0.416 e. The summed E-state index contributed by atoms with van der Waals surface area (Å²) in [5.41, 5.74) is -0.671. The van der Waals surface area contributed by atoms with Crippen LogP contribution in [-0.4, -0.2) is 35.4 Å². The Labute approximate surface area is 114 Å². The van der Waals surface area contributed by atoms with Crippen molar-refractivity contribution in [2.45, 2.75) is 17.8 Å². The number of nitrogens with zero attached hydrogens (tertiary/aromatic N) is 1. The summed E-state index contributed by atoms with van der Waals surface area (Å²) in [6, 6.07) is 4.61. The molecule has 19 heavy (non-hydrogen) atoms. The molecule has 1 fully saturated rings. The van der Waals surface area contributed by atoms with Gasteiger partial charge in [-0.05, 0) is 30.9 Å². The Morgan fingerprint density at radius 3 is 2.74 bits per heavy atom. The fraction of sp³-hybridized carbons (Fsp3) is 0.462. The zero-order valence-corrected chi connectivity index (χ0v) is 11.2. The number of rotatable bonds is 2. The van der Waals surface area contributed by atoms with Crippen LogP contribution >= 0.6 is 11.8 Å². The van der Waals surface area contributed by atoms with Gasteiger partial charge in [-0.1, -0.05) is 6.07 Å². The SMILES string of the molecule is CSC1CCN(C(=O)c2cccc(C(F)(F)F)c2)C1. The quantitative estimate of drug-likeness (QED) is 0.832. The maximum Gasteiger partial charge on any atom is 0.416 e. The fourth-order valence-corrected chi connectivity index (χ4v) is 2.79. The van der Waals surface area contributed by atoms with Crippen molar-refractivity contribution in [3.63, 3.8) is 0 Å². The number of alkyl halides is 3. The topological polar surface area (TPSA) is 20.3 Å². The van der Waals surface area contributed by atoms with E-state index in [2.05, 4.69) is 0 Å². The second-order valence-corrected chi connectivity index (χ2v) is 5.61. The highest BCUT2D eigenvalue weighted by Gasteiger charge is 2.32. The molecule has 0 bridgehead atoms. The highest BCUT2D eigenvalue weighted by molar-refractivity contribution is 7.99. The standard InChI is InChI=1S/C13H14F3NOS/c1-19-11-5-6-17(8-11)12(18)9-3-2-4-10(7-9)13(14,15)16/h2-4,7,11H,5-6,8H2,1H3. The molecule has 104 valence electrons. The van der Waals surface area contributed by atoms with Crippen LogP contribution in [0.5, 0.6) is 0 Å². The number of benzene rings is 1. The first kappa shape index (κ1) is 14.2. The molecule has 0 radical (unpaired) electrons. The lowest BCUT2D eigenvalue weighted by Gasteiger charge is -2.17. The van der Waals surface area contributed by atoms with Crippen LogP contribution in [0, 0.1) is 0 Å². The highest BCUT2D eigenvalue weighted by atomic mass is 32.2. The van der Waals surface area contributed by atoms with Gasteiger partial charge in [0, 0.05) is 23.9 Å². The molecule has 0 aromatic heterocycles. The third kappa shape index (κ3) is 3.23. The third-order valence-corrected chi connectivity index (χ3v) is 4.25. The van der Waals surface area contributed by atoms with Crippen LogP contribution in [0.1, 0.15) is 22.3 Å². The molecule has 1 saturated heterocycles. The number of thioether (sulfide) groups is 1. The Kier molecular flexibility index (Phi) is 4.08. The highest BCUT2D eigenvalue weighted by Crippen LogP contribution is 2.30. The minimum Gasteiger partial charge on any atom is -0.337 e. The van der Waals surface area contributed by atoms with E-state index < -0.39 is 11.7 Å². The molecule has 1 heterocycles. The van der Waals surface area contributed by atoms with Gasteiger partial charge in [0.1, 0.15) is 0 Å². The van der Waals surface area contributed by atoms with E-state index in [1.807, 2.05) is 6.26 Å². The van der Waals surface area contributed by atoms with Gasteiger partial charge in [-0.3, -0.25) is 4.79 Å². The van der Waals surface area contributed by atoms with Crippen LogP contribution in [-0.2, 0) is 6.18 Å². The summed E-state index contributed by atoms with van der Waals surface area (Å²) in [5.74, 6) is -0.317. The molecule has 6 heteroatoms. The average molecular weight is 289 g/mol. The van der Waals surface area contributed by atoms with Gasteiger partial charge in [-0.2, -0.15) is 24.9 Å². The van der Waals surface area contributed by atoms with Crippen molar-refractivity contribution in [3.8, 4) is 0 Å². The predicted molar refractivity (Wildman–Crippen MR) is 69.3 cm³/mol. The summed E-state index contributed by atoms with van der Waals surface area (Å²) in [4.78, 5) is 13.8. The van der Waals surface area contributed by atoms with Crippen molar-refractivity contribution < 1.29 is 18.0 Å². The summed E-state index contributed by atoms with van der Waals surface area (Å²) in [5, 5.41) is 0.384. The zero-order valence-electron chi connectivity index (χ0n) is 10.4.